The second kappa shape index (κ2) is 6.77. The molecule has 14 heavy (non-hydrogen) atoms. The lowest BCUT2D eigenvalue weighted by molar-refractivity contribution is -0.136. The van der Waals surface area contributed by atoms with Crippen molar-refractivity contribution in [3.05, 3.63) is 12.7 Å². The van der Waals surface area contributed by atoms with E-state index < -0.39 is 5.60 Å². The number of aliphatic hydroxyl groups is 1. The molecule has 82 valence electrons. The Labute approximate surface area is 87.0 Å². The summed E-state index contributed by atoms with van der Waals surface area (Å²) in [4.78, 5) is 11.5. The van der Waals surface area contributed by atoms with Crippen molar-refractivity contribution in [1.29, 1.82) is 0 Å². The molecular weight excluding hydrogens is 176 g/mol. The molecule has 1 unspecified atom stereocenters. The summed E-state index contributed by atoms with van der Waals surface area (Å²) in [5, 5.41) is 9.63. The standard InChI is InChI=1S/C12H22O2/c1-4-6-7-8-9-10-11(13)12(3,14)5-2/h4,14H,1,5-10H2,2-3H3. The second-order valence-electron chi connectivity index (χ2n) is 3.94. The molecule has 0 aromatic rings. The van der Waals surface area contributed by atoms with E-state index in [9.17, 15) is 9.90 Å². The normalized spacial score (nSPS) is 14.8. The first kappa shape index (κ1) is 13.4. The first-order valence-corrected chi connectivity index (χ1v) is 5.41. The number of carbonyl (C=O) groups excluding carboxylic acids is 1. The SMILES string of the molecule is C=CCCCCCC(=O)C(C)(O)CC. The van der Waals surface area contributed by atoms with E-state index in [0.717, 1.165) is 25.7 Å². The number of hydrogen-bond donors (Lipinski definition) is 1. The molecule has 2 nitrogen and oxygen atoms in total. The van der Waals surface area contributed by atoms with Crippen LogP contribution in [0.3, 0.4) is 0 Å². The van der Waals surface area contributed by atoms with Crippen molar-refractivity contribution in [2.45, 2.75) is 58.0 Å². The first-order valence-electron chi connectivity index (χ1n) is 5.41. The van der Waals surface area contributed by atoms with E-state index >= 15 is 0 Å². The number of hydrogen-bond acceptors (Lipinski definition) is 2. The molecule has 1 atom stereocenters. The van der Waals surface area contributed by atoms with E-state index in [4.69, 9.17) is 0 Å². The van der Waals surface area contributed by atoms with Crippen LogP contribution in [0, 0.1) is 0 Å². The van der Waals surface area contributed by atoms with Crippen LogP contribution in [0.1, 0.15) is 52.4 Å². The molecule has 0 fully saturated rings. The summed E-state index contributed by atoms with van der Waals surface area (Å²) in [5.41, 5.74) is -1.11. The summed E-state index contributed by atoms with van der Waals surface area (Å²) in [7, 11) is 0. The van der Waals surface area contributed by atoms with Crippen molar-refractivity contribution >= 4 is 5.78 Å². The fourth-order valence-corrected chi connectivity index (χ4v) is 1.22. The molecule has 0 aromatic carbocycles. The molecule has 1 N–H and O–H groups in total. The molecule has 0 aromatic heterocycles. The van der Waals surface area contributed by atoms with Gasteiger partial charge in [0.05, 0.1) is 0 Å². The molecule has 0 aliphatic carbocycles. The maximum absolute atomic E-state index is 11.5. The fourth-order valence-electron chi connectivity index (χ4n) is 1.22. The zero-order valence-electron chi connectivity index (χ0n) is 9.38. The molecule has 0 bridgehead atoms. The lowest BCUT2D eigenvalue weighted by atomic mass is 9.94. The molecule has 0 amide bonds. The average Bonchev–Trinajstić information content (AvgIpc) is 2.17. The number of rotatable bonds is 8. The second-order valence-corrected chi connectivity index (χ2v) is 3.94. The largest absolute Gasteiger partial charge is 0.382 e. The summed E-state index contributed by atoms with van der Waals surface area (Å²) < 4.78 is 0. The van der Waals surface area contributed by atoms with Crippen LogP contribution in [-0.2, 0) is 4.79 Å². The molecule has 0 saturated carbocycles. The number of ketones is 1. The Balaban J connectivity index is 3.59. The van der Waals surface area contributed by atoms with Crippen molar-refractivity contribution in [2.75, 3.05) is 0 Å². The lowest BCUT2D eigenvalue weighted by Crippen LogP contribution is -2.33. The monoisotopic (exact) mass is 198 g/mol. The molecule has 0 spiro atoms. The van der Waals surface area contributed by atoms with Gasteiger partial charge in [0.1, 0.15) is 5.60 Å². The van der Waals surface area contributed by atoms with Crippen molar-refractivity contribution in [1.82, 2.24) is 0 Å². The zero-order chi connectivity index (χ0) is 11.0. The predicted octanol–water partition coefficient (Wildman–Crippen LogP) is 2.85. The minimum atomic E-state index is -1.11. The smallest absolute Gasteiger partial charge is 0.164 e. The highest BCUT2D eigenvalue weighted by Gasteiger charge is 2.26. The maximum Gasteiger partial charge on any atom is 0.164 e. The Morgan fingerprint density at radius 3 is 2.57 bits per heavy atom. The van der Waals surface area contributed by atoms with E-state index in [-0.39, 0.29) is 5.78 Å². The van der Waals surface area contributed by atoms with Crippen LogP contribution in [-0.4, -0.2) is 16.5 Å². The first-order chi connectivity index (χ1) is 6.54. The third kappa shape index (κ3) is 5.18. The van der Waals surface area contributed by atoms with Crippen LogP contribution in [0.4, 0.5) is 0 Å². The van der Waals surface area contributed by atoms with E-state index in [1.807, 2.05) is 13.0 Å². The van der Waals surface area contributed by atoms with Crippen molar-refractivity contribution in [3.8, 4) is 0 Å². The van der Waals surface area contributed by atoms with Crippen molar-refractivity contribution < 1.29 is 9.90 Å². The number of allylic oxidation sites excluding steroid dienone is 1. The van der Waals surface area contributed by atoms with Gasteiger partial charge in [-0.1, -0.05) is 19.4 Å². The molecule has 0 saturated heterocycles. The van der Waals surface area contributed by atoms with Gasteiger partial charge in [0, 0.05) is 6.42 Å². The minimum absolute atomic E-state index is 0.0291. The third-order valence-corrected chi connectivity index (χ3v) is 2.60. The van der Waals surface area contributed by atoms with Gasteiger partial charge in [-0.05, 0) is 32.6 Å². The van der Waals surface area contributed by atoms with Crippen LogP contribution in [0.2, 0.25) is 0 Å². The van der Waals surface area contributed by atoms with Gasteiger partial charge in [-0.2, -0.15) is 0 Å². The van der Waals surface area contributed by atoms with Crippen LogP contribution >= 0.6 is 0 Å². The van der Waals surface area contributed by atoms with Crippen molar-refractivity contribution in [2.24, 2.45) is 0 Å². The highest BCUT2D eigenvalue weighted by atomic mass is 16.3. The predicted molar refractivity (Wildman–Crippen MR) is 59.2 cm³/mol. The fraction of sp³-hybridized carbons (Fsp3) is 0.750. The summed E-state index contributed by atoms with van der Waals surface area (Å²) in [6, 6.07) is 0. The van der Waals surface area contributed by atoms with E-state index in [2.05, 4.69) is 6.58 Å². The van der Waals surface area contributed by atoms with E-state index in [1.165, 1.54) is 0 Å². The van der Waals surface area contributed by atoms with Gasteiger partial charge in [-0.25, -0.2) is 0 Å². The van der Waals surface area contributed by atoms with Crippen LogP contribution in [0.15, 0.2) is 12.7 Å². The van der Waals surface area contributed by atoms with Gasteiger partial charge in [0.25, 0.3) is 0 Å². The molecule has 0 aliphatic rings. The number of Topliss-reactive ketones (excluding diaryl/α,β-unsaturated/α-hetero) is 1. The summed E-state index contributed by atoms with van der Waals surface area (Å²) in [6.45, 7) is 7.06. The highest BCUT2D eigenvalue weighted by Crippen LogP contribution is 2.14. The van der Waals surface area contributed by atoms with Gasteiger partial charge < -0.3 is 5.11 Å². The van der Waals surface area contributed by atoms with Crippen LogP contribution < -0.4 is 0 Å². The van der Waals surface area contributed by atoms with Gasteiger partial charge in [0.15, 0.2) is 5.78 Å². The Bertz CT molecular complexity index is 183. The number of carbonyl (C=O) groups is 1. The molecule has 0 aliphatic heterocycles. The van der Waals surface area contributed by atoms with Crippen LogP contribution in [0.25, 0.3) is 0 Å². The maximum atomic E-state index is 11.5. The Morgan fingerprint density at radius 2 is 2.07 bits per heavy atom. The highest BCUT2D eigenvalue weighted by molar-refractivity contribution is 5.86. The summed E-state index contributed by atoms with van der Waals surface area (Å²) in [5.74, 6) is -0.0291. The van der Waals surface area contributed by atoms with Crippen LogP contribution in [0.5, 0.6) is 0 Å². The number of unbranched alkanes of at least 4 members (excludes halogenated alkanes) is 3. The summed E-state index contributed by atoms with van der Waals surface area (Å²) in [6.07, 6.45) is 6.91. The zero-order valence-corrected chi connectivity index (χ0v) is 9.38. The average molecular weight is 198 g/mol. The van der Waals surface area contributed by atoms with Crippen molar-refractivity contribution in [3.63, 3.8) is 0 Å². The Kier molecular flexibility index (Phi) is 6.46. The van der Waals surface area contributed by atoms with E-state index in [0.29, 0.717) is 12.8 Å². The molecule has 0 rings (SSSR count). The van der Waals surface area contributed by atoms with Gasteiger partial charge >= 0.3 is 0 Å². The van der Waals surface area contributed by atoms with Gasteiger partial charge in [-0.3, -0.25) is 4.79 Å². The topological polar surface area (TPSA) is 37.3 Å². The molecule has 0 heterocycles. The lowest BCUT2D eigenvalue weighted by Gasteiger charge is -2.19. The summed E-state index contributed by atoms with van der Waals surface area (Å²) >= 11 is 0. The third-order valence-electron chi connectivity index (χ3n) is 2.60. The van der Waals surface area contributed by atoms with Gasteiger partial charge in [-0.15, -0.1) is 6.58 Å². The molecule has 0 radical (unpaired) electrons. The molecule has 2 heteroatoms. The molecular formula is C12H22O2. The quantitative estimate of drug-likeness (QED) is 0.481. The van der Waals surface area contributed by atoms with E-state index in [1.54, 1.807) is 6.92 Å². The Morgan fingerprint density at radius 1 is 1.43 bits per heavy atom. The Hall–Kier alpha value is -0.630. The van der Waals surface area contributed by atoms with Gasteiger partial charge in [0.2, 0.25) is 0 Å². The minimum Gasteiger partial charge on any atom is -0.382 e.